The number of nitrogens with zero attached hydrogens (tertiary/aromatic N) is 2. The van der Waals surface area contributed by atoms with Gasteiger partial charge in [-0.1, -0.05) is 36.4 Å². The van der Waals surface area contributed by atoms with Gasteiger partial charge in [-0.3, -0.25) is 9.59 Å². The standard InChI is InChI=1S/C29H32N2O6/c1-5-35-24-17-21(12-14-22(24)36-18-20-9-7-6-8-10-20)26-25(27(32)23-13-11-19(2)37-23)28(33)29(34)31(26)16-15-30(3)4/h6-14,17,26,33H,5,15-16,18H2,1-4H3. The molecule has 0 fully saturated rings. The van der Waals surface area contributed by atoms with Crippen LogP contribution in [-0.2, 0) is 11.4 Å². The first-order chi connectivity index (χ1) is 17.8. The molecule has 1 atom stereocenters. The highest BCUT2D eigenvalue weighted by Gasteiger charge is 2.44. The fourth-order valence-corrected chi connectivity index (χ4v) is 4.28. The third-order valence-corrected chi connectivity index (χ3v) is 6.12. The average molecular weight is 505 g/mol. The van der Waals surface area contributed by atoms with Crippen molar-refractivity contribution in [2.45, 2.75) is 26.5 Å². The van der Waals surface area contributed by atoms with Crippen molar-refractivity contribution < 1.29 is 28.6 Å². The highest BCUT2D eigenvalue weighted by Crippen LogP contribution is 2.42. The normalized spacial score (nSPS) is 15.5. The van der Waals surface area contributed by atoms with Gasteiger partial charge in [0, 0.05) is 13.1 Å². The molecule has 0 aliphatic carbocycles. The Balaban J connectivity index is 1.72. The van der Waals surface area contributed by atoms with Gasteiger partial charge in [-0.2, -0.15) is 0 Å². The number of carbonyl (C=O) groups excluding carboxylic acids is 2. The van der Waals surface area contributed by atoms with Crippen molar-refractivity contribution >= 4 is 11.7 Å². The molecule has 1 N–H and O–H groups in total. The zero-order valence-electron chi connectivity index (χ0n) is 21.6. The van der Waals surface area contributed by atoms with E-state index in [1.54, 1.807) is 37.3 Å². The number of Topliss-reactive ketones (excluding diaryl/α,β-unsaturated/α-hetero) is 1. The molecule has 1 amide bonds. The molecule has 194 valence electrons. The summed E-state index contributed by atoms with van der Waals surface area (Å²) < 4.78 is 17.4. The molecule has 1 aliphatic rings. The smallest absolute Gasteiger partial charge is 0.290 e. The predicted molar refractivity (Wildman–Crippen MR) is 139 cm³/mol. The molecule has 2 heterocycles. The third-order valence-electron chi connectivity index (χ3n) is 6.12. The molecule has 0 bridgehead atoms. The molecule has 8 heteroatoms. The Morgan fingerprint density at radius 1 is 1.05 bits per heavy atom. The molecule has 0 spiro atoms. The van der Waals surface area contributed by atoms with Crippen molar-refractivity contribution in [2.75, 3.05) is 33.8 Å². The van der Waals surface area contributed by atoms with Crippen LogP contribution in [-0.4, -0.2) is 60.4 Å². The fraction of sp³-hybridized carbons (Fsp3) is 0.310. The van der Waals surface area contributed by atoms with E-state index in [1.807, 2.05) is 56.3 Å². The summed E-state index contributed by atoms with van der Waals surface area (Å²) in [6.07, 6.45) is 0. The van der Waals surface area contributed by atoms with Crippen LogP contribution in [0.15, 0.2) is 76.4 Å². The molecular formula is C29H32N2O6. The summed E-state index contributed by atoms with van der Waals surface area (Å²) in [5.74, 6) is -0.0273. The summed E-state index contributed by atoms with van der Waals surface area (Å²) in [4.78, 5) is 30.1. The van der Waals surface area contributed by atoms with Gasteiger partial charge in [-0.05, 0) is 63.3 Å². The van der Waals surface area contributed by atoms with Gasteiger partial charge < -0.3 is 28.8 Å². The number of benzene rings is 2. The second-order valence-corrected chi connectivity index (χ2v) is 9.12. The molecule has 0 radical (unpaired) electrons. The number of hydrogen-bond acceptors (Lipinski definition) is 7. The van der Waals surface area contributed by atoms with Gasteiger partial charge in [0.15, 0.2) is 23.0 Å². The summed E-state index contributed by atoms with van der Waals surface area (Å²) in [5.41, 5.74) is 1.62. The van der Waals surface area contributed by atoms with Crippen LogP contribution in [0.4, 0.5) is 0 Å². The monoisotopic (exact) mass is 504 g/mol. The lowest BCUT2D eigenvalue weighted by molar-refractivity contribution is -0.129. The van der Waals surface area contributed by atoms with E-state index in [2.05, 4.69) is 0 Å². The number of carbonyl (C=O) groups is 2. The van der Waals surface area contributed by atoms with Crippen molar-refractivity contribution in [2.24, 2.45) is 0 Å². The molecule has 0 saturated heterocycles. The first-order valence-corrected chi connectivity index (χ1v) is 12.2. The lowest BCUT2D eigenvalue weighted by atomic mass is 9.94. The molecule has 37 heavy (non-hydrogen) atoms. The lowest BCUT2D eigenvalue weighted by Crippen LogP contribution is -2.36. The fourth-order valence-electron chi connectivity index (χ4n) is 4.28. The highest BCUT2D eigenvalue weighted by molar-refractivity contribution is 6.15. The van der Waals surface area contributed by atoms with E-state index in [1.165, 1.54) is 4.90 Å². The first-order valence-electron chi connectivity index (χ1n) is 12.2. The summed E-state index contributed by atoms with van der Waals surface area (Å²) in [6.45, 7) is 5.22. The van der Waals surface area contributed by atoms with E-state index < -0.39 is 23.5 Å². The Morgan fingerprint density at radius 2 is 1.81 bits per heavy atom. The quantitative estimate of drug-likeness (QED) is 0.378. The zero-order valence-corrected chi connectivity index (χ0v) is 21.6. The number of ether oxygens (including phenoxy) is 2. The molecule has 1 aliphatic heterocycles. The van der Waals surface area contributed by atoms with Crippen LogP contribution in [0.25, 0.3) is 0 Å². The maximum Gasteiger partial charge on any atom is 0.290 e. The Kier molecular flexibility index (Phi) is 7.98. The van der Waals surface area contributed by atoms with Crippen LogP contribution in [0.5, 0.6) is 11.5 Å². The molecule has 8 nitrogen and oxygen atoms in total. The molecule has 1 unspecified atom stereocenters. The van der Waals surface area contributed by atoms with Gasteiger partial charge in [0.05, 0.1) is 18.2 Å². The number of aliphatic hydroxyl groups excluding tert-OH is 1. The van der Waals surface area contributed by atoms with E-state index in [4.69, 9.17) is 13.9 Å². The first kappa shape index (κ1) is 26.0. The number of amides is 1. The minimum absolute atomic E-state index is 0.0153. The summed E-state index contributed by atoms with van der Waals surface area (Å²) >= 11 is 0. The predicted octanol–water partition coefficient (Wildman–Crippen LogP) is 4.71. The maximum atomic E-state index is 13.5. The topological polar surface area (TPSA) is 92.5 Å². The Hall–Kier alpha value is -4.04. The van der Waals surface area contributed by atoms with Crippen LogP contribution < -0.4 is 9.47 Å². The Morgan fingerprint density at radius 3 is 2.46 bits per heavy atom. The number of furan rings is 1. The minimum Gasteiger partial charge on any atom is -0.503 e. The second-order valence-electron chi connectivity index (χ2n) is 9.12. The maximum absolute atomic E-state index is 13.5. The van der Waals surface area contributed by atoms with Crippen molar-refractivity contribution in [3.05, 3.63) is 94.6 Å². The van der Waals surface area contributed by atoms with Crippen LogP contribution in [0.3, 0.4) is 0 Å². The van der Waals surface area contributed by atoms with Gasteiger partial charge in [0.25, 0.3) is 5.91 Å². The van der Waals surface area contributed by atoms with E-state index >= 15 is 0 Å². The van der Waals surface area contributed by atoms with E-state index in [0.717, 1.165) is 5.56 Å². The number of aryl methyl sites for hydroxylation is 1. The van der Waals surface area contributed by atoms with Crippen molar-refractivity contribution in [1.29, 1.82) is 0 Å². The van der Waals surface area contributed by atoms with Crippen LogP contribution >= 0.6 is 0 Å². The van der Waals surface area contributed by atoms with E-state index in [0.29, 0.717) is 49.1 Å². The number of likely N-dealkylation sites (N-methyl/N-ethyl adjacent to an activating group) is 1. The van der Waals surface area contributed by atoms with Crippen LogP contribution in [0, 0.1) is 6.92 Å². The van der Waals surface area contributed by atoms with E-state index in [9.17, 15) is 14.7 Å². The number of hydrogen-bond donors (Lipinski definition) is 1. The summed E-state index contributed by atoms with van der Waals surface area (Å²) in [5, 5.41) is 10.9. The zero-order chi connectivity index (χ0) is 26.5. The second kappa shape index (κ2) is 11.3. The molecule has 1 aromatic heterocycles. The van der Waals surface area contributed by atoms with Gasteiger partial charge in [-0.15, -0.1) is 0 Å². The summed E-state index contributed by atoms with van der Waals surface area (Å²) in [7, 11) is 3.79. The number of aliphatic hydroxyl groups is 1. The van der Waals surface area contributed by atoms with Crippen molar-refractivity contribution in [3.8, 4) is 11.5 Å². The number of rotatable bonds is 11. The Bertz CT molecular complexity index is 1290. The van der Waals surface area contributed by atoms with E-state index in [-0.39, 0.29) is 11.3 Å². The van der Waals surface area contributed by atoms with Crippen LogP contribution in [0.1, 0.15) is 40.4 Å². The SMILES string of the molecule is CCOc1cc(C2C(C(=O)c3ccc(C)o3)=C(O)C(=O)N2CCN(C)C)ccc1OCc1ccccc1. The Labute approximate surface area is 216 Å². The minimum atomic E-state index is -0.812. The van der Waals surface area contributed by atoms with Gasteiger partial charge in [0.2, 0.25) is 5.78 Å². The average Bonchev–Trinajstić information content (AvgIpc) is 3.43. The molecule has 2 aromatic carbocycles. The van der Waals surface area contributed by atoms with Gasteiger partial charge >= 0.3 is 0 Å². The molecule has 3 aromatic rings. The molecule has 4 rings (SSSR count). The van der Waals surface area contributed by atoms with Crippen LogP contribution in [0.2, 0.25) is 0 Å². The molecular weight excluding hydrogens is 472 g/mol. The molecule has 0 saturated carbocycles. The largest absolute Gasteiger partial charge is 0.503 e. The van der Waals surface area contributed by atoms with Gasteiger partial charge in [-0.25, -0.2) is 0 Å². The third kappa shape index (κ3) is 5.70. The summed E-state index contributed by atoms with van der Waals surface area (Å²) in [6, 6.07) is 17.5. The highest BCUT2D eigenvalue weighted by atomic mass is 16.5. The lowest BCUT2D eigenvalue weighted by Gasteiger charge is -2.28. The van der Waals surface area contributed by atoms with Crippen molar-refractivity contribution in [3.63, 3.8) is 0 Å². The van der Waals surface area contributed by atoms with Gasteiger partial charge in [0.1, 0.15) is 12.4 Å². The van der Waals surface area contributed by atoms with Crippen molar-refractivity contribution in [1.82, 2.24) is 9.80 Å². The number of ketones is 1.